The van der Waals surface area contributed by atoms with Gasteiger partial charge >= 0.3 is 0 Å². The lowest BCUT2D eigenvalue weighted by Gasteiger charge is -1.86. The molecule has 0 rings (SSSR count). The predicted molar refractivity (Wildman–Crippen MR) is 60.2 cm³/mol. The van der Waals surface area contributed by atoms with E-state index < -0.39 is 0 Å². The van der Waals surface area contributed by atoms with Gasteiger partial charge in [-0.3, -0.25) is 0 Å². The molecule has 0 fully saturated rings. The summed E-state index contributed by atoms with van der Waals surface area (Å²) in [4.78, 5) is 0. The molecule has 0 aliphatic rings. The summed E-state index contributed by atoms with van der Waals surface area (Å²) in [6.45, 7) is 4.46. The van der Waals surface area contributed by atoms with Gasteiger partial charge in [-0.05, 0) is 21.4 Å². The van der Waals surface area contributed by atoms with Crippen molar-refractivity contribution in [1.29, 1.82) is 0 Å². The van der Waals surface area contributed by atoms with E-state index in [1.165, 1.54) is 25.7 Å². The Bertz CT molecular complexity index is 34.9. The van der Waals surface area contributed by atoms with Crippen molar-refractivity contribution in [3.05, 3.63) is 0 Å². The van der Waals surface area contributed by atoms with Crippen molar-refractivity contribution in [2.24, 2.45) is 0 Å². The third-order valence-corrected chi connectivity index (χ3v) is 0.957. The number of hydrogen-bond donors (Lipinski definition) is 0. The minimum Gasteiger partial charge on any atom is -0.153 e. The largest absolute Gasteiger partial charge is 0.153 e. The van der Waals surface area contributed by atoms with Crippen LogP contribution in [-0.4, -0.2) is 0 Å². The number of halogens is 2. The van der Waals surface area contributed by atoms with Crippen LogP contribution in [0.5, 0.6) is 0 Å². The van der Waals surface area contributed by atoms with Gasteiger partial charge in [0.15, 0.2) is 0 Å². The summed E-state index contributed by atoms with van der Waals surface area (Å²) in [6, 6.07) is 0. The first-order valence-electron chi connectivity index (χ1n) is 3.22. The lowest BCUT2D eigenvalue weighted by Crippen LogP contribution is -1.66. The van der Waals surface area contributed by atoms with Crippen LogP contribution in [0, 0.1) is 0 Å². The van der Waals surface area contributed by atoms with E-state index in [2.05, 4.69) is 35.2 Å². The minimum atomic E-state index is 0. The maximum atomic E-state index is 4.68. The highest BCUT2D eigenvalue weighted by atomic mass is 36.0. The first kappa shape index (κ1) is 17.4. The molecule has 0 radical (unpaired) electrons. The molecule has 1 atom stereocenters. The summed E-state index contributed by atoms with van der Waals surface area (Å²) in [5, 5.41) is 0. The number of unbranched alkanes of at least 4 members (excludes halogenated alkanes) is 3. The quantitative estimate of drug-likeness (QED) is 0.494. The Morgan fingerprint density at radius 3 is 1.30 bits per heavy atom. The summed E-state index contributed by atoms with van der Waals surface area (Å²) in [5.41, 5.74) is 0. The smallest absolute Gasteiger partial charge is 0.0523 e. The Labute approximate surface area is 81.1 Å². The molecule has 0 N–H and O–H groups in total. The van der Waals surface area contributed by atoms with Gasteiger partial charge in [0.2, 0.25) is 0 Å². The van der Waals surface area contributed by atoms with Crippen LogP contribution in [-0.2, 0) is 0 Å². The molecule has 0 nitrogen and oxygen atoms in total. The highest BCUT2D eigenvalue weighted by Crippen LogP contribution is 2.08. The highest BCUT2D eigenvalue weighted by molar-refractivity contribution is 8.38. The van der Waals surface area contributed by atoms with E-state index in [0.717, 1.165) is 0 Å². The van der Waals surface area contributed by atoms with Crippen molar-refractivity contribution < 1.29 is 0 Å². The van der Waals surface area contributed by atoms with E-state index in [1.807, 2.05) is 0 Å². The van der Waals surface area contributed by atoms with Gasteiger partial charge in [-0.1, -0.05) is 39.5 Å². The van der Waals surface area contributed by atoms with Gasteiger partial charge in [0.05, 0.1) is 10.2 Å². The van der Waals surface area contributed by atoms with E-state index in [4.69, 9.17) is 0 Å². The fraction of sp³-hybridized carbons (Fsp3) is 1.00. The van der Waals surface area contributed by atoms with Crippen molar-refractivity contribution in [3.8, 4) is 0 Å². The third kappa shape index (κ3) is 34.4. The summed E-state index contributed by atoms with van der Waals surface area (Å²) in [6.07, 6.45) is 5.54. The zero-order valence-corrected chi connectivity index (χ0v) is 10.4. The van der Waals surface area contributed by atoms with E-state index in [9.17, 15) is 0 Å². The van der Waals surface area contributed by atoms with Crippen molar-refractivity contribution in [1.82, 2.24) is 0 Å². The molecule has 1 unspecified atom stereocenters. The topological polar surface area (TPSA) is 0 Å². The van der Waals surface area contributed by atoms with Gasteiger partial charge in [0.1, 0.15) is 0 Å². The van der Waals surface area contributed by atoms with Crippen molar-refractivity contribution in [3.63, 3.8) is 0 Å². The van der Waals surface area contributed by atoms with E-state index >= 15 is 0 Å². The van der Waals surface area contributed by atoms with E-state index in [-0.39, 0.29) is 9.90 Å². The third-order valence-electron chi connectivity index (χ3n) is 0.957. The van der Waals surface area contributed by atoms with Crippen LogP contribution in [0.15, 0.2) is 0 Å². The maximum Gasteiger partial charge on any atom is 0.0523 e. The van der Waals surface area contributed by atoms with Gasteiger partial charge in [0.25, 0.3) is 0 Å². The zero-order chi connectivity index (χ0) is 7.54. The monoisotopic (exact) mass is 222 g/mol. The summed E-state index contributed by atoms with van der Waals surface area (Å²) in [7, 11) is 10.1. The molecule has 0 aromatic rings. The summed E-state index contributed by atoms with van der Waals surface area (Å²) < 4.78 is 0. The van der Waals surface area contributed by atoms with E-state index in [0.29, 0.717) is 10.2 Å². The Balaban J connectivity index is -0.000000107. The Kier molecular flexibility index (Phi) is 39.1. The van der Waals surface area contributed by atoms with Crippen LogP contribution in [0.25, 0.3) is 0 Å². The second kappa shape index (κ2) is 22.4. The molecule has 0 aromatic carbocycles. The van der Waals surface area contributed by atoms with Crippen LogP contribution >= 0.6 is 41.5 Å². The number of rotatable bonds is 3. The van der Waals surface area contributed by atoms with Crippen LogP contribution < -0.4 is 0 Å². The average Bonchev–Trinajstić information content (AvgIpc) is 1.86. The maximum absolute atomic E-state index is 4.68. The molecule has 4 heteroatoms. The highest BCUT2D eigenvalue weighted by Gasteiger charge is 1.75. The molecule has 0 aliphatic carbocycles. The fourth-order valence-electron chi connectivity index (χ4n) is 0.500. The van der Waals surface area contributed by atoms with Crippen LogP contribution in [0.1, 0.15) is 39.5 Å². The molecule has 0 saturated heterocycles. The molecule has 0 aromatic heterocycles. The fourth-order valence-corrected chi connectivity index (χ4v) is 0.500. The lowest BCUT2D eigenvalue weighted by molar-refractivity contribution is 0.702. The first-order valence-corrected chi connectivity index (χ1v) is 5.69. The molecule has 0 saturated carbocycles. The molecule has 0 spiro atoms. The van der Waals surface area contributed by atoms with Gasteiger partial charge in [-0.25, -0.2) is 0 Å². The first-order chi connectivity index (χ1) is 4.33. The summed E-state index contributed by atoms with van der Waals surface area (Å²) in [5.74, 6) is 0. The van der Waals surface area contributed by atoms with Crippen molar-refractivity contribution in [2.45, 2.75) is 39.5 Å². The van der Waals surface area contributed by atoms with Gasteiger partial charge in [-0.2, -0.15) is 9.90 Å². The Hall–Kier alpha value is 1.36. The molecule has 10 heavy (non-hydrogen) atoms. The van der Waals surface area contributed by atoms with Crippen LogP contribution in [0.4, 0.5) is 0 Å². The molecule has 0 bridgehead atoms. The zero-order valence-electron chi connectivity index (χ0n) is 6.70. The van der Waals surface area contributed by atoms with Crippen LogP contribution in [0.3, 0.4) is 0 Å². The van der Waals surface area contributed by atoms with Crippen molar-refractivity contribution in [2.75, 3.05) is 0 Å². The van der Waals surface area contributed by atoms with Crippen LogP contribution in [0.2, 0.25) is 0 Å². The molecule has 0 aliphatic heterocycles. The van der Waals surface area contributed by atoms with Gasteiger partial charge in [-0.15, -0.1) is 0 Å². The Morgan fingerprint density at radius 1 is 1.00 bits per heavy atom. The molecule has 0 amide bonds. The molecular weight excluding hydrogens is 206 g/mol. The average molecular weight is 223 g/mol. The predicted octanol–water partition coefficient (Wildman–Crippen LogP) is 4.67. The van der Waals surface area contributed by atoms with Gasteiger partial charge in [0, 0.05) is 0 Å². The number of hydrogen-bond acceptors (Lipinski definition) is 1. The SMILES string of the molecule is CCCCCC.ClSCl.P. The molecule has 0 heterocycles. The summed E-state index contributed by atoms with van der Waals surface area (Å²) >= 11 is 0. The normalized spacial score (nSPS) is 7.20. The second-order valence-electron chi connectivity index (χ2n) is 1.77. The second-order valence-corrected chi connectivity index (χ2v) is 3.28. The minimum absolute atomic E-state index is 0. The Morgan fingerprint density at radius 2 is 1.20 bits per heavy atom. The molecule has 66 valence electrons. The van der Waals surface area contributed by atoms with Gasteiger partial charge < -0.3 is 0 Å². The lowest BCUT2D eigenvalue weighted by atomic mass is 10.2. The molecular formula is C6H17Cl2PS. The van der Waals surface area contributed by atoms with E-state index in [1.54, 1.807) is 0 Å². The van der Waals surface area contributed by atoms with Crippen molar-refractivity contribution >= 4 is 41.5 Å². The standard InChI is InChI=1S/C6H14.Cl2S.H3P/c1-3-5-6-4-2;1-3-2;/h3-6H2,1-2H3;;1H3.